The average molecular weight is 334 g/mol. The van der Waals surface area contributed by atoms with Gasteiger partial charge in [-0.15, -0.1) is 0 Å². The first kappa shape index (κ1) is 16.1. The zero-order valence-corrected chi connectivity index (χ0v) is 13.1. The molecule has 0 N–H and O–H groups in total. The van der Waals surface area contributed by atoms with E-state index in [1.807, 2.05) is 0 Å². The molecule has 2 heterocycles. The van der Waals surface area contributed by atoms with Crippen LogP contribution in [0.25, 0.3) is 0 Å². The van der Waals surface area contributed by atoms with E-state index in [1.165, 1.54) is 21.9 Å². The summed E-state index contributed by atoms with van der Waals surface area (Å²) >= 11 is 0. The number of halogens is 2. The summed E-state index contributed by atoms with van der Waals surface area (Å²) in [5.41, 5.74) is -0.152. The molecule has 1 aliphatic heterocycles. The lowest BCUT2D eigenvalue weighted by Gasteiger charge is -2.34. The third-order valence-corrected chi connectivity index (χ3v) is 3.99. The zero-order chi connectivity index (χ0) is 17.3. The Morgan fingerprint density at radius 1 is 1.21 bits per heavy atom. The molecule has 1 aromatic heterocycles. The van der Waals surface area contributed by atoms with Crippen molar-refractivity contribution in [2.45, 2.75) is 6.54 Å². The molecule has 1 fully saturated rings. The van der Waals surface area contributed by atoms with Crippen molar-refractivity contribution in [3.8, 4) is 0 Å². The minimum absolute atomic E-state index is 0.00348. The molecule has 3 rings (SSSR count). The van der Waals surface area contributed by atoms with Gasteiger partial charge >= 0.3 is 0 Å². The summed E-state index contributed by atoms with van der Waals surface area (Å²) in [6.07, 6.45) is 3.03. The summed E-state index contributed by atoms with van der Waals surface area (Å²) in [5.74, 6) is -1.15. The Balaban J connectivity index is 1.74. The molecule has 1 amide bonds. The van der Waals surface area contributed by atoms with Gasteiger partial charge in [0.15, 0.2) is 5.82 Å². The molecule has 0 saturated carbocycles. The topological polar surface area (TPSA) is 58.4 Å². The smallest absolute Gasteiger partial charge is 0.293 e. The van der Waals surface area contributed by atoms with Crippen molar-refractivity contribution in [1.29, 1.82) is 0 Å². The van der Waals surface area contributed by atoms with Gasteiger partial charge in [-0.3, -0.25) is 9.59 Å². The van der Waals surface area contributed by atoms with Gasteiger partial charge in [0.25, 0.3) is 5.56 Å². The number of hydrogen-bond acceptors (Lipinski definition) is 4. The second-order valence-electron chi connectivity index (χ2n) is 5.64. The molecular weight excluding hydrogens is 318 g/mol. The predicted molar refractivity (Wildman–Crippen MR) is 83.5 cm³/mol. The number of piperazine rings is 1. The van der Waals surface area contributed by atoms with Gasteiger partial charge in [0.05, 0.1) is 6.54 Å². The summed E-state index contributed by atoms with van der Waals surface area (Å²) in [7, 11) is 1.61. The van der Waals surface area contributed by atoms with E-state index < -0.39 is 11.6 Å². The molecule has 0 radical (unpaired) electrons. The van der Waals surface area contributed by atoms with Crippen molar-refractivity contribution < 1.29 is 13.6 Å². The monoisotopic (exact) mass is 334 g/mol. The molecule has 0 atom stereocenters. The van der Waals surface area contributed by atoms with E-state index in [4.69, 9.17) is 0 Å². The van der Waals surface area contributed by atoms with Crippen molar-refractivity contribution in [1.82, 2.24) is 14.5 Å². The van der Waals surface area contributed by atoms with Crippen LogP contribution in [-0.2, 0) is 18.4 Å². The number of rotatable bonds is 3. The first-order valence-electron chi connectivity index (χ1n) is 7.44. The van der Waals surface area contributed by atoms with E-state index in [0.717, 1.165) is 18.2 Å². The Hall–Kier alpha value is -2.77. The molecule has 24 heavy (non-hydrogen) atoms. The van der Waals surface area contributed by atoms with Crippen LogP contribution in [0.4, 0.5) is 14.6 Å². The van der Waals surface area contributed by atoms with E-state index in [0.29, 0.717) is 13.1 Å². The van der Waals surface area contributed by atoms with Crippen LogP contribution in [0.3, 0.4) is 0 Å². The maximum absolute atomic E-state index is 13.7. The normalized spacial score (nSPS) is 15.0. The van der Waals surface area contributed by atoms with Crippen LogP contribution in [0.15, 0.2) is 35.4 Å². The number of carbonyl (C=O) groups is 1. The Morgan fingerprint density at radius 3 is 2.75 bits per heavy atom. The standard InChI is InChI=1S/C16H16F2N4O2/c1-20-5-4-19-15(16(20)24)22-7-6-21(14(23)10-22)9-11-8-12(17)2-3-13(11)18/h2-5,8H,6-7,9-10H2,1H3. The van der Waals surface area contributed by atoms with Gasteiger partial charge in [-0.05, 0) is 18.2 Å². The van der Waals surface area contributed by atoms with Gasteiger partial charge in [0, 0.05) is 44.6 Å². The van der Waals surface area contributed by atoms with Crippen LogP contribution in [0.2, 0.25) is 0 Å². The van der Waals surface area contributed by atoms with Crippen LogP contribution in [-0.4, -0.2) is 40.0 Å². The molecule has 1 aromatic carbocycles. The number of amides is 1. The van der Waals surface area contributed by atoms with Crippen molar-refractivity contribution in [2.24, 2.45) is 7.05 Å². The highest BCUT2D eigenvalue weighted by Gasteiger charge is 2.27. The second kappa shape index (κ2) is 6.38. The molecule has 0 bridgehead atoms. The summed E-state index contributed by atoms with van der Waals surface area (Å²) in [6.45, 7) is 0.670. The third kappa shape index (κ3) is 3.12. The Labute approximate surface area is 136 Å². The highest BCUT2D eigenvalue weighted by atomic mass is 19.1. The average Bonchev–Trinajstić information content (AvgIpc) is 2.55. The van der Waals surface area contributed by atoms with Crippen LogP contribution in [0.1, 0.15) is 5.56 Å². The van der Waals surface area contributed by atoms with Crippen molar-refractivity contribution in [2.75, 3.05) is 24.5 Å². The van der Waals surface area contributed by atoms with Crippen molar-refractivity contribution in [3.63, 3.8) is 0 Å². The Bertz CT molecular complexity index is 837. The van der Waals surface area contributed by atoms with Gasteiger partial charge in [0.2, 0.25) is 5.91 Å². The number of hydrogen-bond donors (Lipinski definition) is 0. The molecule has 0 aliphatic carbocycles. The molecule has 126 valence electrons. The van der Waals surface area contributed by atoms with Crippen molar-refractivity contribution >= 4 is 11.7 Å². The van der Waals surface area contributed by atoms with Crippen LogP contribution < -0.4 is 10.5 Å². The third-order valence-electron chi connectivity index (χ3n) is 3.99. The molecule has 1 saturated heterocycles. The van der Waals surface area contributed by atoms with Crippen LogP contribution in [0, 0.1) is 11.6 Å². The van der Waals surface area contributed by atoms with E-state index in [2.05, 4.69) is 4.98 Å². The fraction of sp³-hybridized carbons (Fsp3) is 0.312. The number of benzene rings is 1. The largest absolute Gasteiger partial charge is 0.341 e. The summed E-state index contributed by atoms with van der Waals surface area (Å²) in [6, 6.07) is 3.17. The quantitative estimate of drug-likeness (QED) is 0.837. The maximum atomic E-state index is 13.7. The molecular formula is C16H16F2N4O2. The van der Waals surface area contributed by atoms with Crippen molar-refractivity contribution in [3.05, 3.63) is 58.1 Å². The minimum Gasteiger partial charge on any atom is -0.341 e. The fourth-order valence-corrected chi connectivity index (χ4v) is 2.63. The van der Waals surface area contributed by atoms with Gasteiger partial charge in [-0.2, -0.15) is 0 Å². The van der Waals surface area contributed by atoms with Gasteiger partial charge in [-0.1, -0.05) is 0 Å². The molecule has 8 heteroatoms. The molecule has 1 aliphatic rings. The highest BCUT2D eigenvalue weighted by molar-refractivity contribution is 5.82. The number of aromatic nitrogens is 2. The van der Waals surface area contributed by atoms with Crippen LogP contribution in [0.5, 0.6) is 0 Å². The molecule has 0 unspecified atom stereocenters. The van der Waals surface area contributed by atoms with E-state index in [1.54, 1.807) is 11.9 Å². The highest BCUT2D eigenvalue weighted by Crippen LogP contribution is 2.16. The van der Waals surface area contributed by atoms with Gasteiger partial charge in [-0.25, -0.2) is 13.8 Å². The van der Waals surface area contributed by atoms with E-state index in [-0.39, 0.29) is 35.9 Å². The summed E-state index contributed by atoms with van der Waals surface area (Å²) in [4.78, 5) is 31.5. The number of carbonyl (C=O) groups excluding carboxylic acids is 1. The fourth-order valence-electron chi connectivity index (χ4n) is 2.63. The number of aryl methyl sites for hydroxylation is 1. The summed E-state index contributed by atoms with van der Waals surface area (Å²) < 4.78 is 28.4. The maximum Gasteiger partial charge on any atom is 0.293 e. The van der Waals surface area contributed by atoms with Gasteiger partial charge in [0.1, 0.15) is 11.6 Å². The molecule has 0 spiro atoms. The lowest BCUT2D eigenvalue weighted by atomic mass is 10.1. The second-order valence-corrected chi connectivity index (χ2v) is 5.64. The van der Waals surface area contributed by atoms with E-state index >= 15 is 0 Å². The Kier molecular flexibility index (Phi) is 4.28. The SMILES string of the molecule is Cn1ccnc(N2CCN(Cc3cc(F)ccc3F)C(=O)C2)c1=O. The Morgan fingerprint density at radius 2 is 2.00 bits per heavy atom. The first-order valence-corrected chi connectivity index (χ1v) is 7.44. The number of nitrogens with zero attached hydrogens (tertiary/aromatic N) is 4. The lowest BCUT2D eigenvalue weighted by molar-refractivity contribution is -0.131. The van der Waals surface area contributed by atoms with E-state index in [9.17, 15) is 18.4 Å². The number of anilines is 1. The summed E-state index contributed by atoms with van der Waals surface area (Å²) in [5, 5.41) is 0. The lowest BCUT2D eigenvalue weighted by Crippen LogP contribution is -2.51. The minimum atomic E-state index is -0.551. The van der Waals surface area contributed by atoms with Gasteiger partial charge < -0.3 is 14.4 Å². The molecule has 6 nitrogen and oxygen atoms in total. The molecule has 2 aromatic rings. The zero-order valence-electron chi connectivity index (χ0n) is 13.1. The predicted octanol–water partition coefficient (Wildman–Crippen LogP) is 0.907. The first-order chi connectivity index (χ1) is 11.5. The van der Waals surface area contributed by atoms with Crippen LogP contribution >= 0.6 is 0 Å².